The van der Waals surface area contributed by atoms with Gasteiger partial charge in [0.15, 0.2) is 6.61 Å². The second kappa shape index (κ2) is 6.97. The summed E-state index contributed by atoms with van der Waals surface area (Å²) >= 11 is 5.58. The van der Waals surface area contributed by atoms with Gasteiger partial charge in [-0.1, -0.05) is 11.6 Å². The molecule has 2 rings (SSSR count). The summed E-state index contributed by atoms with van der Waals surface area (Å²) in [6.07, 6.45) is 0. The first kappa shape index (κ1) is 16.6. The Hall–Kier alpha value is -2.80. The molecule has 0 aliphatic rings. The molecule has 3 N–H and O–H groups in total. The number of carbonyl (C=O) groups is 2. The molecule has 23 heavy (non-hydrogen) atoms. The largest absolute Gasteiger partial charge is 0.508 e. The number of amides is 1. The van der Waals surface area contributed by atoms with E-state index in [1.165, 1.54) is 18.2 Å². The number of carbonyl (C=O) groups excluding carboxylic acids is 2. The number of hydrogen-bond donors (Lipinski definition) is 3. The van der Waals surface area contributed by atoms with Crippen molar-refractivity contribution in [1.29, 1.82) is 0 Å². The number of ether oxygens (including phenoxy) is 1. The van der Waals surface area contributed by atoms with E-state index in [1.54, 1.807) is 0 Å². The number of nitrogens with one attached hydrogen (secondary N) is 1. The molecule has 2 aromatic rings. The van der Waals surface area contributed by atoms with Crippen molar-refractivity contribution in [2.24, 2.45) is 0 Å². The van der Waals surface area contributed by atoms with Crippen LogP contribution in [0.4, 0.5) is 10.1 Å². The number of aromatic hydroxyl groups is 2. The smallest absolute Gasteiger partial charge is 0.342 e. The number of esters is 1. The van der Waals surface area contributed by atoms with Crippen LogP contribution in [0.25, 0.3) is 0 Å². The van der Waals surface area contributed by atoms with Crippen LogP contribution in [0.1, 0.15) is 10.4 Å². The number of phenols is 2. The fraction of sp³-hybridized carbons (Fsp3) is 0.0667. The molecule has 0 unspecified atom stereocenters. The van der Waals surface area contributed by atoms with Crippen LogP contribution in [0.3, 0.4) is 0 Å². The summed E-state index contributed by atoms with van der Waals surface area (Å²) in [5.41, 5.74) is 0.0466. The first-order chi connectivity index (χ1) is 10.9. The lowest BCUT2D eigenvalue weighted by atomic mass is 10.2. The maximum atomic E-state index is 13.0. The molecule has 0 fully saturated rings. The average molecular weight is 340 g/mol. The van der Waals surface area contributed by atoms with Crippen LogP contribution in [-0.4, -0.2) is 28.7 Å². The van der Waals surface area contributed by atoms with E-state index in [0.717, 1.165) is 18.2 Å². The van der Waals surface area contributed by atoms with Gasteiger partial charge < -0.3 is 20.3 Å². The zero-order valence-electron chi connectivity index (χ0n) is 11.5. The Morgan fingerprint density at radius 2 is 1.91 bits per heavy atom. The molecular weight excluding hydrogens is 329 g/mol. The minimum Gasteiger partial charge on any atom is -0.508 e. The van der Waals surface area contributed by atoms with Gasteiger partial charge in [0.25, 0.3) is 5.91 Å². The molecule has 0 bridgehead atoms. The predicted molar refractivity (Wildman–Crippen MR) is 80.1 cm³/mol. The maximum Gasteiger partial charge on any atom is 0.342 e. The number of rotatable bonds is 4. The fourth-order valence-corrected chi connectivity index (χ4v) is 1.85. The van der Waals surface area contributed by atoms with E-state index < -0.39 is 30.1 Å². The van der Waals surface area contributed by atoms with E-state index in [1.807, 2.05) is 0 Å². The Bertz CT molecular complexity index is 766. The van der Waals surface area contributed by atoms with Gasteiger partial charge in [-0.3, -0.25) is 4.79 Å². The number of halogens is 2. The van der Waals surface area contributed by atoms with Crippen molar-refractivity contribution < 1.29 is 28.9 Å². The molecule has 0 atom stereocenters. The number of anilines is 1. The highest BCUT2D eigenvalue weighted by molar-refractivity contribution is 6.31. The van der Waals surface area contributed by atoms with Gasteiger partial charge in [-0.2, -0.15) is 0 Å². The number of hydrogen-bond acceptors (Lipinski definition) is 5. The number of benzene rings is 2. The summed E-state index contributed by atoms with van der Waals surface area (Å²) in [4.78, 5) is 23.4. The van der Waals surface area contributed by atoms with E-state index in [9.17, 15) is 19.1 Å². The Kier molecular flexibility index (Phi) is 5.02. The third kappa shape index (κ3) is 4.33. The van der Waals surface area contributed by atoms with Crippen LogP contribution in [0.15, 0.2) is 36.4 Å². The Labute approximate surface area is 135 Å². The van der Waals surface area contributed by atoms with E-state index in [4.69, 9.17) is 21.4 Å². The van der Waals surface area contributed by atoms with Gasteiger partial charge in [-0.15, -0.1) is 0 Å². The van der Waals surface area contributed by atoms with Gasteiger partial charge in [0.2, 0.25) is 0 Å². The van der Waals surface area contributed by atoms with Crippen LogP contribution in [0.2, 0.25) is 5.02 Å². The van der Waals surface area contributed by atoms with Crippen molar-refractivity contribution >= 4 is 29.2 Å². The zero-order chi connectivity index (χ0) is 17.0. The van der Waals surface area contributed by atoms with Crippen molar-refractivity contribution in [2.75, 3.05) is 11.9 Å². The minimum absolute atomic E-state index is 0.159. The molecule has 0 aliphatic carbocycles. The van der Waals surface area contributed by atoms with Crippen molar-refractivity contribution in [2.45, 2.75) is 0 Å². The maximum absolute atomic E-state index is 13.0. The molecule has 1 amide bonds. The fourth-order valence-electron chi connectivity index (χ4n) is 1.67. The summed E-state index contributed by atoms with van der Waals surface area (Å²) in [6.45, 7) is -0.617. The van der Waals surface area contributed by atoms with Gasteiger partial charge in [0.1, 0.15) is 22.9 Å². The normalized spacial score (nSPS) is 10.2. The number of phenolic OH excluding ortho intramolecular Hbond substituents is 2. The molecule has 0 heterocycles. The molecule has 0 saturated carbocycles. The quantitative estimate of drug-likeness (QED) is 0.744. The molecule has 0 aromatic heterocycles. The Balaban J connectivity index is 1.93. The highest BCUT2D eigenvalue weighted by Gasteiger charge is 2.15. The van der Waals surface area contributed by atoms with Crippen LogP contribution >= 0.6 is 11.6 Å². The van der Waals surface area contributed by atoms with E-state index in [2.05, 4.69) is 5.32 Å². The predicted octanol–water partition coefficient (Wildman–Crippen LogP) is 2.69. The van der Waals surface area contributed by atoms with E-state index in [-0.39, 0.29) is 22.0 Å². The van der Waals surface area contributed by atoms with Gasteiger partial charge in [0, 0.05) is 11.8 Å². The molecule has 0 radical (unpaired) electrons. The minimum atomic E-state index is -0.935. The molecule has 0 aliphatic heterocycles. The lowest BCUT2D eigenvalue weighted by molar-refractivity contribution is -0.119. The molecule has 2 aromatic carbocycles. The zero-order valence-corrected chi connectivity index (χ0v) is 12.3. The highest BCUT2D eigenvalue weighted by Crippen LogP contribution is 2.23. The highest BCUT2D eigenvalue weighted by atomic mass is 35.5. The summed E-state index contributed by atoms with van der Waals surface area (Å²) in [6, 6.07) is 6.91. The second-order valence-corrected chi connectivity index (χ2v) is 4.86. The summed E-state index contributed by atoms with van der Waals surface area (Å²) in [5, 5.41) is 20.8. The van der Waals surface area contributed by atoms with E-state index in [0.29, 0.717) is 0 Å². The SMILES string of the molecule is O=C(COC(=O)c1ccc(O)cc1O)Nc1ccc(F)c(Cl)c1. The van der Waals surface area contributed by atoms with Crippen molar-refractivity contribution in [3.8, 4) is 11.5 Å². The standard InChI is InChI=1S/C15H11ClFNO5/c16-11-5-8(1-4-12(11)17)18-14(21)7-23-15(22)10-3-2-9(19)6-13(10)20/h1-6,19-20H,7H2,(H,18,21). The van der Waals surface area contributed by atoms with Crippen molar-refractivity contribution in [3.63, 3.8) is 0 Å². The summed E-state index contributed by atoms with van der Waals surface area (Å²) in [5.74, 6) is -2.92. The molecule has 0 spiro atoms. The second-order valence-electron chi connectivity index (χ2n) is 4.45. The van der Waals surface area contributed by atoms with E-state index >= 15 is 0 Å². The van der Waals surface area contributed by atoms with Crippen molar-refractivity contribution in [1.82, 2.24) is 0 Å². The van der Waals surface area contributed by atoms with Gasteiger partial charge >= 0.3 is 5.97 Å². The Morgan fingerprint density at radius 1 is 1.17 bits per heavy atom. The van der Waals surface area contributed by atoms with Crippen LogP contribution < -0.4 is 5.32 Å². The summed E-state index contributed by atoms with van der Waals surface area (Å²) in [7, 11) is 0. The first-order valence-electron chi connectivity index (χ1n) is 6.31. The average Bonchev–Trinajstić information content (AvgIpc) is 2.48. The van der Waals surface area contributed by atoms with Crippen LogP contribution in [0, 0.1) is 5.82 Å². The van der Waals surface area contributed by atoms with Crippen LogP contribution in [-0.2, 0) is 9.53 Å². The third-order valence-electron chi connectivity index (χ3n) is 2.74. The Morgan fingerprint density at radius 3 is 2.57 bits per heavy atom. The van der Waals surface area contributed by atoms with Crippen molar-refractivity contribution in [3.05, 3.63) is 52.8 Å². The molecule has 8 heteroatoms. The third-order valence-corrected chi connectivity index (χ3v) is 3.03. The summed E-state index contributed by atoms with van der Waals surface area (Å²) < 4.78 is 17.7. The van der Waals surface area contributed by atoms with Gasteiger partial charge in [0.05, 0.1) is 5.02 Å². The first-order valence-corrected chi connectivity index (χ1v) is 6.68. The van der Waals surface area contributed by atoms with Crippen LogP contribution in [0.5, 0.6) is 11.5 Å². The molecule has 6 nitrogen and oxygen atoms in total. The molecule has 120 valence electrons. The lowest BCUT2D eigenvalue weighted by Gasteiger charge is -2.08. The monoisotopic (exact) mass is 339 g/mol. The lowest BCUT2D eigenvalue weighted by Crippen LogP contribution is -2.21. The molecule has 0 saturated heterocycles. The van der Waals surface area contributed by atoms with Gasteiger partial charge in [-0.25, -0.2) is 9.18 Å². The topological polar surface area (TPSA) is 95.9 Å². The molecular formula is C15H11ClFNO5. The van der Waals surface area contributed by atoms with Gasteiger partial charge in [-0.05, 0) is 30.3 Å².